The van der Waals surface area contributed by atoms with Crippen molar-refractivity contribution in [3.05, 3.63) is 66.5 Å². The third kappa shape index (κ3) is 2.12. The van der Waals surface area contributed by atoms with Crippen LogP contribution in [-0.2, 0) is 0 Å². The highest BCUT2D eigenvalue weighted by molar-refractivity contribution is 5.83. The van der Waals surface area contributed by atoms with Crippen molar-refractivity contribution in [1.82, 2.24) is 19.6 Å². The van der Waals surface area contributed by atoms with Gasteiger partial charge in [0.05, 0.1) is 0 Å². The number of H-pyrrole nitrogens is 1. The third-order valence-corrected chi connectivity index (χ3v) is 4.57. The molecule has 24 heavy (non-hydrogen) atoms. The average molecular weight is 318 g/mol. The minimum Gasteiger partial charge on any atom is -0.306 e. The highest BCUT2D eigenvalue weighted by Gasteiger charge is 2.30. The SMILES string of the molecule is Fc1ccc(-c2n[nH]c(C3CC3)c2-c2ccc3nccn3c2)cc1. The molecule has 0 amide bonds. The molecule has 1 aliphatic rings. The molecule has 0 aliphatic heterocycles. The van der Waals surface area contributed by atoms with E-state index < -0.39 is 0 Å². The molecule has 1 fully saturated rings. The lowest BCUT2D eigenvalue weighted by Gasteiger charge is -2.07. The maximum absolute atomic E-state index is 13.3. The first-order chi connectivity index (χ1) is 11.8. The zero-order valence-electron chi connectivity index (χ0n) is 12.9. The van der Waals surface area contributed by atoms with E-state index in [0.29, 0.717) is 5.92 Å². The summed E-state index contributed by atoms with van der Waals surface area (Å²) < 4.78 is 15.3. The number of rotatable bonds is 3. The maximum atomic E-state index is 13.3. The molecule has 5 heteroatoms. The van der Waals surface area contributed by atoms with E-state index in [4.69, 9.17) is 0 Å². The van der Waals surface area contributed by atoms with Crippen molar-refractivity contribution in [3.8, 4) is 22.4 Å². The van der Waals surface area contributed by atoms with Crippen LogP contribution in [0.15, 0.2) is 55.0 Å². The third-order valence-electron chi connectivity index (χ3n) is 4.57. The van der Waals surface area contributed by atoms with Crippen LogP contribution < -0.4 is 0 Å². The second-order valence-electron chi connectivity index (χ2n) is 6.25. The Morgan fingerprint density at radius 1 is 1.04 bits per heavy atom. The Morgan fingerprint density at radius 2 is 1.83 bits per heavy atom. The Labute approximate surface area is 138 Å². The van der Waals surface area contributed by atoms with Gasteiger partial charge in [-0.3, -0.25) is 5.10 Å². The van der Waals surface area contributed by atoms with Crippen molar-refractivity contribution in [2.75, 3.05) is 0 Å². The average Bonchev–Trinajstić information content (AvgIpc) is 3.18. The number of aromatic nitrogens is 4. The van der Waals surface area contributed by atoms with E-state index >= 15 is 0 Å². The summed E-state index contributed by atoms with van der Waals surface area (Å²) in [4.78, 5) is 4.30. The van der Waals surface area contributed by atoms with Crippen molar-refractivity contribution in [3.63, 3.8) is 0 Å². The molecule has 0 unspecified atom stereocenters. The molecular formula is C19H15FN4. The van der Waals surface area contributed by atoms with Crippen LogP contribution in [0.3, 0.4) is 0 Å². The smallest absolute Gasteiger partial charge is 0.136 e. The van der Waals surface area contributed by atoms with Gasteiger partial charge >= 0.3 is 0 Å². The number of halogens is 1. The topological polar surface area (TPSA) is 46.0 Å². The van der Waals surface area contributed by atoms with Gasteiger partial charge in [0.25, 0.3) is 0 Å². The number of nitrogens with zero attached hydrogens (tertiary/aromatic N) is 3. The van der Waals surface area contributed by atoms with Crippen molar-refractivity contribution in [2.24, 2.45) is 0 Å². The van der Waals surface area contributed by atoms with Crippen LogP contribution in [0.2, 0.25) is 0 Å². The predicted octanol–water partition coefficient (Wildman–Crippen LogP) is 4.41. The predicted molar refractivity (Wildman–Crippen MR) is 90.1 cm³/mol. The highest BCUT2D eigenvalue weighted by Crippen LogP contribution is 2.46. The second kappa shape index (κ2) is 5.03. The summed E-state index contributed by atoms with van der Waals surface area (Å²) in [5.41, 5.74) is 6.08. The van der Waals surface area contributed by atoms with Crippen molar-refractivity contribution in [1.29, 1.82) is 0 Å². The molecule has 0 bridgehead atoms. The molecule has 3 aromatic heterocycles. The van der Waals surface area contributed by atoms with E-state index in [2.05, 4.69) is 27.4 Å². The lowest BCUT2D eigenvalue weighted by Crippen LogP contribution is -1.90. The van der Waals surface area contributed by atoms with Gasteiger partial charge in [-0.05, 0) is 49.2 Å². The molecule has 1 aromatic carbocycles. The van der Waals surface area contributed by atoms with Crippen molar-refractivity contribution in [2.45, 2.75) is 18.8 Å². The molecule has 118 valence electrons. The first-order valence-corrected chi connectivity index (χ1v) is 8.07. The molecule has 0 saturated heterocycles. The fraction of sp³-hybridized carbons (Fsp3) is 0.158. The van der Waals surface area contributed by atoms with Gasteiger partial charge in [0, 0.05) is 46.9 Å². The number of pyridine rings is 1. The Hall–Kier alpha value is -2.95. The van der Waals surface area contributed by atoms with Crippen LogP contribution in [0.1, 0.15) is 24.5 Å². The molecular weight excluding hydrogens is 303 g/mol. The molecule has 4 nitrogen and oxygen atoms in total. The Morgan fingerprint density at radius 3 is 2.62 bits per heavy atom. The van der Waals surface area contributed by atoms with Crippen LogP contribution in [0, 0.1) is 5.82 Å². The van der Waals surface area contributed by atoms with Crippen molar-refractivity contribution >= 4 is 5.65 Å². The van der Waals surface area contributed by atoms with E-state index in [-0.39, 0.29) is 5.82 Å². The van der Waals surface area contributed by atoms with Gasteiger partial charge in [0.2, 0.25) is 0 Å². The van der Waals surface area contributed by atoms with Gasteiger partial charge in [0.1, 0.15) is 17.2 Å². The first kappa shape index (κ1) is 13.5. The fourth-order valence-electron chi connectivity index (χ4n) is 3.20. The van der Waals surface area contributed by atoms with Crippen LogP contribution in [0.25, 0.3) is 28.0 Å². The monoisotopic (exact) mass is 318 g/mol. The minimum absolute atomic E-state index is 0.238. The summed E-state index contributed by atoms with van der Waals surface area (Å²) >= 11 is 0. The zero-order valence-corrected chi connectivity index (χ0v) is 12.9. The van der Waals surface area contributed by atoms with E-state index in [0.717, 1.165) is 28.0 Å². The lowest BCUT2D eigenvalue weighted by atomic mass is 9.98. The molecule has 0 radical (unpaired) electrons. The quantitative estimate of drug-likeness (QED) is 0.608. The summed E-state index contributed by atoms with van der Waals surface area (Å²) in [5, 5.41) is 7.77. The molecule has 0 spiro atoms. The number of imidazole rings is 1. The standard InChI is InChI=1S/C19H15FN4/c20-15-6-3-13(4-7-15)19-17(18(22-23-19)12-1-2-12)14-5-8-16-21-9-10-24(16)11-14/h3-12H,1-2H2,(H,22,23). The van der Waals surface area contributed by atoms with E-state index in [1.165, 1.54) is 30.7 Å². The van der Waals surface area contributed by atoms with Crippen LogP contribution in [0.5, 0.6) is 0 Å². The molecule has 0 atom stereocenters. The van der Waals surface area contributed by atoms with E-state index in [1.807, 2.05) is 16.7 Å². The molecule has 4 aromatic rings. The lowest BCUT2D eigenvalue weighted by molar-refractivity contribution is 0.628. The number of hydrogen-bond acceptors (Lipinski definition) is 2. The van der Waals surface area contributed by atoms with Gasteiger partial charge in [-0.15, -0.1) is 0 Å². The summed E-state index contributed by atoms with van der Waals surface area (Å²) in [7, 11) is 0. The molecule has 1 N–H and O–H groups in total. The maximum Gasteiger partial charge on any atom is 0.136 e. The Bertz CT molecular complexity index is 1030. The van der Waals surface area contributed by atoms with Gasteiger partial charge in [-0.25, -0.2) is 9.37 Å². The van der Waals surface area contributed by atoms with E-state index in [9.17, 15) is 4.39 Å². The number of nitrogens with one attached hydrogen (secondary N) is 1. The summed E-state index contributed by atoms with van der Waals surface area (Å²) in [6.45, 7) is 0. The summed E-state index contributed by atoms with van der Waals surface area (Å²) in [6.07, 6.45) is 8.17. The largest absolute Gasteiger partial charge is 0.306 e. The Kier molecular flexibility index (Phi) is 2.82. The fourth-order valence-corrected chi connectivity index (χ4v) is 3.20. The molecule has 3 heterocycles. The van der Waals surface area contributed by atoms with Gasteiger partial charge in [-0.1, -0.05) is 0 Å². The van der Waals surface area contributed by atoms with Crippen LogP contribution in [0.4, 0.5) is 4.39 Å². The summed E-state index contributed by atoms with van der Waals surface area (Å²) in [6, 6.07) is 10.6. The molecule has 1 saturated carbocycles. The highest BCUT2D eigenvalue weighted by atomic mass is 19.1. The number of benzene rings is 1. The van der Waals surface area contributed by atoms with E-state index in [1.54, 1.807) is 18.3 Å². The minimum atomic E-state index is -0.238. The van der Waals surface area contributed by atoms with Gasteiger partial charge in [-0.2, -0.15) is 5.10 Å². The van der Waals surface area contributed by atoms with Crippen LogP contribution in [-0.4, -0.2) is 19.6 Å². The number of fused-ring (bicyclic) bond motifs is 1. The van der Waals surface area contributed by atoms with Crippen molar-refractivity contribution < 1.29 is 4.39 Å². The van der Waals surface area contributed by atoms with Gasteiger partial charge < -0.3 is 4.40 Å². The summed E-state index contributed by atoms with van der Waals surface area (Å²) in [5.74, 6) is 0.304. The number of hydrogen-bond donors (Lipinski definition) is 1. The Balaban J connectivity index is 1.72. The normalized spacial score (nSPS) is 14.4. The molecule has 5 rings (SSSR count). The van der Waals surface area contributed by atoms with Gasteiger partial charge in [0.15, 0.2) is 0 Å². The molecule has 1 aliphatic carbocycles. The van der Waals surface area contributed by atoms with Crippen LogP contribution >= 0.6 is 0 Å². The zero-order chi connectivity index (χ0) is 16.1. The number of aromatic amines is 1. The first-order valence-electron chi connectivity index (χ1n) is 8.07. The second-order valence-corrected chi connectivity index (χ2v) is 6.25.